The number of carbonyl (C=O) groups excluding carboxylic acids is 1. The lowest BCUT2D eigenvalue weighted by atomic mass is 10.1. The lowest BCUT2D eigenvalue weighted by molar-refractivity contribution is -0.137. The van der Waals surface area contributed by atoms with Crippen LogP contribution in [0.25, 0.3) is 0 Å². The molecule has 0 bridgehead atoms. The molecule has 182 valence electrons. The van der Waals surface area contributed by atoms with Gasteiger partial charge in [0.05, 0.1) is 45.6 Å². The molecule has 2 aromatic carbocycles. The molecular formula is C22H21ClF3N3O3S2. The molecule has 0 aliphatic carbocycles. The van der Waals surface area contributed by atoms with Crippen molar-refractivity contribution < 1.29 is 26.4 Å². The Hall–Kier alpha value is -2.24. The second-order valence-electron chi connectivity index (χ2n) is 8.24. The van der Waals surface area contributed by atoms with E-state index < -0.39 is 33.7 Å². The number of halogens is 4. The van der Waals surface area contributed by atoms with Crippen LogP contribution in [0.1, 0.15) is 16.7 Å². The first-order valence-electron chi connectivity index (χ1n) is 10.3. The van der Waals surface area contributed by atoms with Crippen molar-refractivity contribution >= 4 is 55.6 Å². The van der Waals surface area contributed by atoms with Gasteiger partial charge < -0.3 is 10.2 Å². The number of nitrogens with zero attached hydrogens (tertiary/aromatic N) is 2. The fraction of sp³-hybridized carbons (Fsp3) is 0.364. The van der Waals surface area contributed by atoms with Crippen molar-refractivity contribution in [2.24, 2.45) is 4.99 Å². The molecule has 0 saturated carbocycles. The van der Waals surface area contributed by atoms with Crippen molar-refractivity contribution in [3.63, 3.8) is 0 Å². The number of amidine groups is 1. The fourth-order valence-corrected chi connectivity index (χ4v) is 6.96. The first-order chi connectivity index (χ1) is 15.9. The minimum absolute atomic E-state index is 0.0160. The summed E-state index contributed by atoms with van der Waals surface area (Å²) in [6, 6.07) is 7.10. The van der Waals surface area contributed by atoms with E-state index in [9.17, 15) is 26.4 Å². The predicted octanol–water partition coefficient (Wildman–Crippen LogP) is 4.69. The largest absolute Gasteiger partial charge is 0.416 e. The first-order valence-corrected chi connectivity index (χ1v) is 13.5. The van der Waals surface area contributed by atoms with Crippen molar-refractivity contribution in [1.29, 1.82) is 0 Å². The molecule has 1 N–H and O–H groups in total. The molecule has 1 fully saturated rings. The van der Waals surface area contributed by atoms with Crippen LogP contribution in [-0.2, 0) is 20.8 Å². The Morgan fingerprint density at radius 1 is 1.24 bits per heavy atom. The molecule has 0 spiro atoms. The van der Waals surface area contributed by atoms with Crippen LogP contribution in [0, 0.1) is 13.8 Å². The normalized spacial score (nSPS) is 21.4. The van der Waals surface area contributed by atoms with E-state index in [0.29, 0.717) is 5.69 Å². The number of carbonyl (C=O) groups is 1. The summed E-state index contributed by atoms with van der Waals surface area (Å²) in [6.45, 7) is 3.81. The lowest BCUT2D eigenvalue weighted by Gasteiger charge is -2.28. The Kier molecular flexibility index (Phi) is 6.65. The molecule has 1 saturated heterocycles. The van der Waals surface area contributed by atoms with Gasteiger partial charge in [0.25, 0.3) is 0 Å². The van der Waals surface area contributed by atoms with Gasteiger partial charge in [0, 0.05) is 5.69 Å². The van der Waals surface area contributed by atoms with Gasteiger partial charge in [-0.1, -0.05) is 35.5 Å². The van der Waals surface area contributed by atoms with Gasteiger partial charge in [0.15, 0.2) is 15.0 Å². The summed E-state index contributed by atoms with van der Waals surface area (Å²) in [5.74, 6) is -0.845. The van der Waals surface area contributed by atoms with Crippen molar-refractivity contribution in [3.05, 3.63) is 58.1 Å². The number of nitrogens with one attached hydrogen (secondary N) is 1. The lowest BCUT2D eigenvalue weighted by Crippen LogP contribution is -2.39. The van der Waals surface area contributed by atoms with E-state index >= 15 is 0 Å². The highest BCUT2D eigenvalue weighted by Gasteiger charge is 2.48. The molecule has 12 heteroatoms. The molecule has 0 aromatic heterocycles. The molecule has 2 atom stereocenters. The number of aliphatic imine (C=N–C) groups is 1. The van der Waals surface area contributed by atoms with Crippen LogP contribution in [0.3, 0.4) is 0 Å². The van der Waals surface area contributed by atoms with E-state index in [1.807, 2.05) is 26.0 Å². The summed E-state index contributed by atoms with van der Waals surface area (Å²) in [7, 11) is -3.40. The molecule has 2 heterocycles. The number of hydrogen-bond acceptors (Lipinski definition) is 6. The number of thioether (sulfide) groups is 1. The number of alkyl halides is 3. The van der Waals surface area contributed by atoms with Crippen molar-refractivity contribution in [3.8, 4) is 0 Å². The zero-order valence-corrected chi connectivity index (χ0v) is 20.6. The van der Waals surface area contributed by atoms with E-state index in [-0.39, 0.29) is 39.0 Å². The minimum atomic E-state index is -4.60. The Morgan fingerprint density at radius 2 is 1.97 bits per heavy atom. The Bertz CT molecular complexity index is 1280. The number of amides is 1. The van der Waals surface area contributed by atoms with Gasteiger partial charge in [0.1, 0.15) is 0 Å². The number of aryl methyl sites for hydroxylation is 1. The van der Waals surface area contributed by atoms with Gasteiger partial charge in [0.2, 0.25) is 5.91 Å². The quantitative estimate of drug-likeness (QED) is 0.619. The van der Waals surface area contributed by atoms with E-state index in [0.717, 1.165) is 41.1 Å². The highest BCUT2D eigenvalue weighted by atomic mass is 35.5. The average Bonchev–Trinajstić information content (AvgIpc) is 3.20. The van der Waals surface area contributed by atoms with Crippen LogP contribution in [0.2, 0.25) is 5.02 Å². The van der Waals surface area contributed by atoms with Crippen molar-refractivity contribution in [2.45, 2.75) is 32.1 Å². The number of fused-ring (bicyclic) bond motifs is 1. The van der Waals surface area contributed by atoms with Crippen molar-refractivity contribution in [1.82, 2.24) is 0 Å². The van der Waals surface area contributed by atoms with Crippen LogP contribution in [0.4, 0.5) is 24.5 Å². The summed E-state index contributed by atoms with van der Waals surface area (Å²) >= 11 is 7.29. The van der Waals surface area contributed by atoms with Crippen molar-refractivity contribution in [2.75, 3.05) is 27.5 Å². The van der Waals surface area contributed by atoms with Gasteiger partial charge >= 0.3 is 6.18 Å². The minimum Gasteiger partial charge on any atom is -0.325 e. The van der Waals surface area contributed by atoms with E-state index in [2.05, 4.69) is 10.3 Å². The smallest absolute Gasteiger partial charge is 0.325 e. The molecule has 6 nitrogen and oxygen atoms in total. The second-order valence-corrected chi connectivity index (χ2v) is 11.7. The van der Waals surface area contributed by atoms with Gasteiger partial charge in [-0.3, -0.25) is 9.79 Å². The summed E-state index contributed by atoms with van der Waals surface area (Å²) in [5.41, 5.74) is 1.72. The molecule has 0 radical (unpaired) electrons. The highest BCUT2D eigenvalue weighted by Crippen LogP contribution is 2.41. The Morgan fingerprint density at radius 3 is 2.68 bits per heavy atom. The summed E-state index contributed by atoms with van der Waals surface area (Å²) in [5, 5.41) is 3.13. The van der Waals surface area contributed by atoms with Crippen LogP contribution < -0.4 is 10.2 Å². The molecular weight excluding hydrogens is 511 g/mol. The number of anilines is 2. The monoisotopic (exact) mass is 531 g/mol. The van der Waals surface area contributed by atoms with Gasteiger partial charge in [-0.05, 0) is 49.2 Å². The van der Waals surface area contributed by atoms with Gasteiger partial charge in [-0.2, -0.15) is 13.2 Å². The Balaban J connectivity index is 1.60. The van der Waals surface area contributed by atoms with E-state index in [4.69, 9.17) is 11.6 Å². The maximum absolute atomic E-state index is 13.4. The summed E-state index contributed by atoms with van der Waals surface area (Å²) in [6.07, 6.45) is -4.60. The third-order valence-corrected chi connectivity index (χ3v) is 8.84. The van der Waals surface area contributed by atoms with E-state index in [1.165, 1.54) is 4.90 Å². The number of benzene rings is 2. The zero-order chi connectivity index (χ0) is 24.8. The fourth-order valence-electron chi connectivity index (χ4n) is 3.99. The first kappa shape index (κ1) is 24.9. The number of sulfone groups is 1. The summed E-state index contributed by atoms with van der Waals surface area (Å²) < 4.78 is 64.4. The van der Waals surface area contributed by atoms with Crippen LogP contribution in [-0.4, -0.2) is 48.8 Å². The zero-order valence-electron chi connectivity index (χ0n) is 18.2. The van der Waals surface area contributed by atoms with E-state index in [1.54, 1.807) is 6.07 Å². The topological polar surface area (TPSA) is 78.8 Å². The predicted molar refractivity (Wildman–Crippen MR) is 130 cm³/mol. The Labute approximate surface area is 204 Å². The summed E-state index contributed by atoms with van der Waals surface area (Å²) in [4.78, 5) is 18.5. The third kappa shape index (κ3) is 5.06. The van der Waals surface area contributed by atoms with Gasteiger partial charge in [-0.15, -0.1) is 0 Å². The molecule has 34 heavy (non-hydrogen) atoms. The van der Waals surface area contributed by atoms with Crippen LogP contribution in [0.15, 0.2) is 41.4 Å². The molecule has 2 aliphatic heterocycles. The van der Waals surface area contributed by atoms with Crippen LogP contribution >= 0.6 is 23.4 Å². The second kappa shape index (κ2) is 9.09. The van der Waals surface area contributed by atoms with Gasteiger partial charge in [-0.25, -0.2) is 8.42 Å². The van der Waals surface area contributed by atoms with Crippen LogP contribution in [0.5, 0.6) is 0 Å². The third-order valence-electron chi connectivity index (χ3n) is 5.85. The molecule has 4 rings (SSSR count). The number of hydrogen-bond donors (Lipinski definition) is 1. The maximum atomic E-state index is 13.4. The number of rotatable bonds is 4. The average molecular weight is 532 g/mol. The molecule has 0 unspecified atom stereocenters. The molecule has 2 aliphatic rings. The maximum Gasteiger partial charge on any atom is 0.416 e. The highest BCUT2D eigenvalue weighted by molar-refractivity contribution is 8.14. The standard InChI is InChI=1S/C22H21ClF3N3O3S2/c1-12-4-3-5-16(13(12)2)27-20(30)9-33-21-28-17-10-34(31,32)11-19(17)29(21)18-8-14(22(24,25)26)6-7-15(18)23/h3-8,17,19H,9-11H2,1-2H3,(H,27,30)/t17-,19-/m1/s1. The SMILES string of the molecule is Cc1cccc(NC(=O)CSC2=N[C@@H]3CS(=O)(=O)C[C@H]3N2c2cc(C(F)(F)F)ccc2Cl)c1C. The molecule has 2 aromatic rings. The molecule has 1 amide bonds.